The zero-order chi connectivity index (χ0) is 13.2. The summed E-state index contributed by atoms with van der Waals surface area (Å²) in [4.78, 5) is 12.4. The van der Waals surface area contributed by atoms with E-state index in [1.807, 2.05) is 10.8 Å². The summed E-state index contributed by atoms with van der Waals surface area (Å²) >= 11 is 6.04. The lowest BCUT2D eigenvalue weighted by Crippen LogP contribution is -2.41. The minimum atomic E-state index is 0.00694. The zero-order valence-corrected chi connectivity index (χ0v) is 11.7. The fraction of sp³-hybridized carbons (Fsp3) is 0.643. The molecule has 1 aliphatic carbocycles. The highest BCUT2D eigenvalue weighted by Gasteiger charge is 2.28. The molecule has 0 radical (unpaired) electrons. The molecule has 0 bridgehead atoms. The van der Waals surface area contributed by atoms with Gasteiger partial charge in [-0.05, 0) is 38.3 Å². The van der Waals surface area contributed by atoms with Gasteiger partial charge in [-0.2, -0.15) is 0 Å². The molecule has 1 saturated heterocycles. The van der Waals surface area contributed by atoms with Crippen molar-refractivity contribution < 1.29 is 4.79 Å². The molecule has 2 heterocycles. The molecule has 0 spiro atoms. The lowest BCUT2D eigenvalue weighted by atomic mass is 10.1. The minimum absolute atomic E-state index is 0.00694. The molecule has 1 aromatic rings. The maximum absolute atomic E-state index is 12.4. The van der Waals surface area contributed by atoms with E-state index in [9.17, 15) is 4.79 Å². The number of nitrogens with one attached hydrogen (secondary N) is 2. The van der Waals surface area contributed by atoms with Gasteiger partial charge in [-0.25, -0.2) is 0 Å². The zero-order valence-electron chi connectivity index (χ0n) is 11.0. The molecule has 2 fully saturated rings. The molecule has 3 rings (SSSR count). The summed E-state index contributed by atoms with van der Waals surface area (Å²) in [5, 5.41) is 7.14. The van der Waals surface area contributed by atoms with Crippen LogP contribution in [0.4, 0.5) is 0 Å². The van der Waals surface area contributed by atoms with Crippen molar-refractivity contribution in [3.05, 3.63) is 23.0 Å². The molecule has 1 atom stereocenters. The Bertz CT molecular complexity index is 459. The highest BCUT2D eigenvalue weighted by molar-refractivity contribution is 6.31. The Morgan fingerprint density at radius 2 is 2.21 bits per heavy atom. The normalized spacial score (nSPS) is 23.9. The van der Waals surface area contributed by atoms with Crippen LogP contribution in [0.15, 0.2) is 12.3 Å². The van der Waals surface area contributed by atoms with Crippen LogP contribution in [-0.4, -0.2) is 29.6 Å². The standard InChI is InChI=1S/C14H20ClN3O/c15-10-7-13(18(9-10)12-4-5-12)14(19)17-11-3-1-2-6-16-8-11/h7,9,11-12,16H,1-6,8H2,(H,17,19). The number of hydrogen-bond acceptors (Lipinski definition) is 2. The number of halogens is 1. The highest BCUT2D eigenvalue weighted by atomic mass is 35.5. The molecular formula is C14H20ClN3O. The van der Waals surface area contributed by atoms with E-state index >= 15 is 0 Å². The van der Waals surface area contributed by atoms with E-state index in [-0.39, 0.29) is 11.9 Å². The van der Waals surface area contributed by atoms with Crippen LogP contribution < -0.4 is 10.6 Å². The van der Waals surface area contributed by atoms with Crippen LogP contribution in [0.3, 0.4) is 0 Å². The van der Waals surface area contributed by atoms with E-state index in [4.69, 9.17) is 11.6 Å². The number of carbonyl (C=O) groups excluding carboxylic acids is 1. The van der Waals surface area contributed by atoms with Gasteiger partial charge >= 0.3 is 0 Å². The maximum Gasteiger partial charge on any atom is 0.268 e. The first-order valence-corrected chi connectivity index (χ1v) is 7.51. The van der Waals surface area contributed by atoms with Crippen molar-refractivity contribution in [2.45, 2.75) is 44.2 Å². The minimum Gasteiger partial charge on any atom is -0.347 e. The lowest BCUT2D eigenvalue weighted by Gasteiger charge is -2.17. The number of amides is 1. The second kappa shape index (κ2) is 5.55. The molecule has 2 N–H and O–H groups in total. The van der Waals surface area contributed by atoms with Crippen LogP contribution in [0.25, 0.3) is 0 Å². The monoisotopic (exact) mass is 281 g/mol. The Morgan fingerprint density at radius 3 is 3.00 bits per heavy atom. The van der Waals surface area contributed by atoms with Crippen molar-refractivity contribution in [1.82, 2.24) is 15.2 Å². The number of aromatic nitrogens is 1. The van der Waals surface area contributed by atoms with Gasteiger partial charge in [0.15, 0.2) is 0 Å². The van der Waals surface area contributed by atoms with E-state index in [2.05, 4.69) is 10.6 Å². The second-order valence-corrected chi connectivity index (χ2v) is 5.99. The molecule has 5 heteroatoms. The van der Waals surface area contributed by atoms with Crippen molar-refractivity contribution in [2.24, 2.45) is 0 Å². The average Bonchev–Trinajstić information content (AvgIpc) is 3.17. The average molecular weight is 282 g/mol. The van der Waals surface area contributed by atoms with Crippen LogP contribution in [0.2, 0.25) is 5.02 Å². The fourth-order valence-electron chi connectivity index (χ4n) is 2.68. The van der Waals surface area contributed by atoms with Crippen molar-refractivity contribution in [3.8, 4) is 0 Å². The van der Waals surface area contributed by atoms with Gasteiger partial charge in [-0.1, -0.05) is 18.0 Å². The van der Waals surface area contributed by atoms with Gasteiger partial charge in [-0.3, -0.25) is 4.79 Å². The molecule has 1 aliphatic heterocycles. The largest absolute Gasteiger partial charge is 0.347 e. The maximum atomic E-state index is 12.4. The number of carbonyl (C=O) groups is 1. The van der Waals surface area contributed by atoms with E-state index in [0.29, 0.717) is 16.8 Å². The summed E-state index contributed by atoms with van der Waals surface area (Å²) in [6, 6.07) is 2.48. The van der Waals surface area contributed by atoms with E-state index in [0.717, 1.165) is 32.4 Å². The van der Waals surface area contributed by atoms with E-state index in [1.54, 1.807) is 6.07 Å². The van der Waals surface area contributed by atoms with Gasteiger partial charge in [0.1, 0.15) is 5.69 Å². The Labute approximate surface area is 118 Å². The molecule has 1 aromatic heterocycles. The van der Waals surface area contributed by atoms with Gasteiger partial charge in [-0.15, -0.1) is 0 Å². The molecule has 1 saturated carbocycles. The summed E-state index contributed by atoms with van der Waals surface area (Å²) in [6.07, 6.45) is 7.58. The summed E-state index contributed by atoms with van der Waals surface area (Å²) in [6.45, 7) is 1.92. The number of nitrogens with zero attached hydrogens (tertiary/aromatic N) is 1. The lowest BCUT2D eigenvalue weighted by molar-refractivity contribution is 0.0926. The second-order valence-electron chi connectivity index (χ2n) is 5.55. The molecule has 4 nitrogen and oxygen atoms in total. The van der Waals surface area contributed by atoms with Gasteiger partial charge in [0.05, 0.1) is 5.02 Å². The highest BCUT2D eigenvalue weighted by Crippen LogP contribution is 2.37. The first-order valence-electron chi connectivity index (χ1n) is 7.13. The van der Waals surface area contributed by atoms with E-state index < -0.39 is 0 Å². The predicted octanol–water partition coefficient (Wildman–Crippen LogP) is 2.35. The fourth-order valence-corrected chi connectivity index (χ4v) is 2.89. The third-order valence-corrected chi connectivity index (χ3v) is 4.08. The summed E-state index contributed by atoms with van der Waals surface area (Å²) < 4.78 is 2.03. The quantitative estimate of drug-likeness (QED) is 0.893. The van der Waals surface area contributed by atoms with Crippen LogP contribution in [-0.2, 0) is 0 Å². The summed E-state index contributed by atoms with van der Waals surface area (Å²) in [7, 11) is 0. The summed E-state index contributed by atoms with van der Waals surface area (Å²) in [5.74, 6) is 0.00694. The Kier molecular flexibility index (Phi) is 3.80. The molecule has 19 heavy (non-hydrogen) atoms. The Morgan fingerprint density at radius 1 is 1.37 bits per heavy atom. The Balaban J connectivity index is 1.69. The van der Waals surface area contributed by atoms with Crippen LogP contribution in [0, 0.1) is 0 Å². The van der Waals surface area contributed by atoms with Gasteiger partial charge < -0.3 is 15.2 Å². The van der Waals surface area contributed by atoms with Crippen LogP contribution in [0.1, 0.15) is 48.6 Å². The molecule has 2 aliphatic rings. The molecule has 1 amide bonds. The first kappa shape index (κ1) is 13.0. The van der Waals surface area contributed by atoms with Gasteiger partial charge in [0, 0.05) is 24.8 Å². The first-order chi connectivity index (χ1) is 9.24. The van der Waals surface area contributed by atoms with Crippen molar-refractivity contribution in [1.29, 1.82) is 0 Å². The van der Waals surface area contributed by atoms with Crippen LogP contribution >= 0.6 is 11.6 Å². The predicted molar refractivity (Wildman–Crippen MR) is 75.7 cm³/mol. The SMILES string of the molecule is O=C(NC1CCCCNC1)c1cc(Cl)cn1C1CC1. The van der Waals surface area contributed by atoms with Crippen molar-refractivity contribution in [2.75, 3.05) is 13.1 Å². The molecule has 1 unspecified atom stereocenters. The van der Waals surface area contributed by atoms with Crippen molar-refractivity contribution >= 4 is 17.5 Å². The third-order valence-electron chi connectivity index (χ3n) is 3.87. The molecule has 104 valence electrons. The topological polar surface area (TPSA) is 46.1 Å². The van der Waals surface area contributed by atoms with Gasteiger partial charge in [0.25, 0.3) is 5.91 Å². The smallest absolute Gasteiger partial charge is 0.268 e. The van der Waals surface area contributed by atoms with E-state index in [1.165, 1.54) is 12.8 Å². The molecular weight excluding hydrogens is 262 g/mol. The Hall–Kier alpha value is -1.00. The number of rotatable bonds is 3. The summed E-state index contributed by atoms with van der Waals surface area (Å²) in [5.41, 5.74) is 0.705. The number of hydrogen-bond donors (Lipinski definition) is 2. The van der Waals surface area contributed by atoms with Crippen molar-refractivity contribution in [3.63, 3.8) is 0 Å². The third kappa shape index (κ3) is 3.12. The van der Waals surface area contributed by atoms with Gasteiger partial charge in [0.2, 0.25) is 0 Å². The molecule has 0 aromatic carbocycles. The van der Waals surface area contributed by atoms with Crippen LogP contribution in [0.5, 0.6) is 0 Å².